The number of methoxy groups -OCH3 is 1. The van der Waals surface area contributed by atoms with E-state index in [1.807, 2.05) is 29.2 Å². The molecule has 0 unspecified atom stereocenters. The van der Waals surface area contributed by atoms with Crippen LogP contribution in [0.3, 0.4) is 0 Å². The number of hydrogen-bond acceptors (Lipinski definition) is 3. The molecule has 0 aromatic heterocycles. The third-order valence-electron chi connectivity index (χ3n) is 3.67. The van der Waals surface area contributed by atoms with Crippen LogP contribution in [0.4, 0.5) is 0 Å². The molecule has 104 valence electrons. The molecule has 0 spiro atoms. The lowest BCUT2D eigenvalue weighted by molar-refractivity contribution is 0.0595. The first-order valence-corrected chi connectivity index (χ1v) is 6.79. The summed E-state index contributed by atoms with van der Waals surface area (Å²) in [5.74, 6) is 0.896. The van der Waals surface area contributed by atoms with Crippen LogP contribution in [0.25, 0.3) is 0 Å². The molecule has 1 aliphatic rings. The summed E-state index contributed by atoms with van der Waals surface area (Å²) in [5.41, 5.74) is 0.735. The standard InChI is InChI=1S/C15H22N2O2/c1-12(2)16-8-10-17(11-9-16)15(18)13-4-6-14(19-3)7-5-13/h4-7,12H,8-11H2,1-3H3. The van der Waals surface area contributed by atoms with E-state index in [1.165, 1.54) is 0 Å². The van der Waals surface area contributed by atoms with E-state index in [9.17, 15) is 4.79 Å². The minimum atomic E-state index is 0.117. The second-order valence-corrected chi connectivity index (χ2v) is 5.15. The first-order valence-electron chi connectivity index (χ1n) is 6.79. The van der Waals surface area contributed by atoms with E-state index in [1.54, 1.807) is 7.11 Å². The molecule has 0 bridgehead atoms. The first-order chi connectivity index (χ1) is 9.11. The van der Waals surface area contributed by atoms with Crippen molar-refractivity contribution in [2.45, 2.75) is 19.9 Å². The first kappa shape index (κ1) is 13.9. The van der Waals surface area contributed by atoms with Gasteiger partial charge in [0.25, 0.3) is 5.91 Å². The number of piperazine rings is 1. The Balaban J connectivity index is 1.97. The highest BCUT2D eigenvalue weighted by molar-refractivity contribution is 5.94. The van der Waals surface area contributed by atoms with Gasteiger partial charge >= 0.3 is 0 Å². The minimum absolute atomic E-state index is 0.117. The molecule has 1 aromatic rings. The highest BCUT2D eigenvalue weighted by Crippen LogP contribution is 2.14. The van der Waals surface area contributed by atoms with Gasteiger partial charge in [-0.05, 0) is 38.1 Å². The van der Waals surface area contributed by atoms with Gasteiger partial charge in [0.15, 0.2) is 0 Å². The molecular formula is C15H22N2O2. The molecule has 1 amide bonds. The molecule has 0 aliphatic carbocycles. The molecule has 19 heavy (non-hydrogen) atoms. The van der Waals surface area contributed by atoms with Gasteiger partial charge in [-0.3, -0.25) is 9.69 Å². The van der Waals surface area contributed by atoms with E-state index in [-0.39, 0.29) is 5.91 Å². The average Bonchev–Trinajstić information content (AvgIpc) is 2.46. The molecule has 0 atom stereocenters. The maximum absolute atomic E-state index is 12.3. The zero-order valence-corrected chi connectivity index (χ0v) is 11.9. The van der Waals surface area contributed by atoms with Crippen LogP contribution in [0.2, 0.25) is 0 Å². The van der Waals surface area contributed by atoms with Gasteiger partial charge in [-0.25, -0.2) is 0 Å². The molecule has 0 saturated carbocycles. The smallest absolute Gasteiger partial charge is 0.253 e. The zero-order chi connectivity index (χ0) is 13.8. The Morgan fingerprint density at radius 1 is 1.11 bits per heavy atom. The van der Waals surface area contributed by atoms with Gasteiger partial charge in [-0.15, -0.1) is 0 Å². The van der Waals surface area contributed by atoms with Crippen LogP contribution in [0.1, 0.15) is 24.2 Å². The fraction of sp³-hybridized carbons (Fsp3) is 0.533. The highest BCUT2D eigenvalue weighted by atomic mass is 16.5. The Bertz CT molecular complexity index is 420. The largest absolute Gasteiger partial charge is 0.497 e. The molecule has 1 heterocycles. The van der Waals surface area contributed by atoms with Crippen molar-refractivity contribution in [3.8, 4) is 5.75 Å². The molecule has 2 rings (SSSR count). The predicted molar refractivity (Wildman–Crippen MR) is 75.6 cm³/mol. The van der Waals surface area contributed by atoms with E-state index in [0.717, 1.165) is 37.5 Å². The van der Waals surface area contributed by atoms with Crippen molar-refractivity contribution in [3.63, 3.8) is 0 Å². The number of rotatable bonds is 3. The van der Waals surface area contributed by atoms with Crippen molar-refractivity contribution in [2.24, 2.45) is 0 Å². The molecule has 1 aromatic carbocycles. The predicted octanol–water partition coefficient (Wildman–Crippen LogP) is 1.86. The second-order valence-electron chi connectivity index (χ2n) is 5.15. The van der Waals surface area contributed by atoms with Crippen LogP contribution in [0.5, 0.6) is 5.75 Å². The minimum Gasteiger partial charge on any atom is -0.497 e. The van der Waals surface area contributed by atoms with Gasteiger partial charge in [0.05, 0.1) is 7.11 Å². The molecular weight excluding hydrogens is 240 g/mol. The van der Waals surface area contributed by atoms with Crippen molar-refractivity contribution < 1.29 is 9.53 Å². The lowest BCUT2D eigenvalue weighted by atomic mass is 10.1. The van der Waals surface area contributed by atoms with E-state index in [2.05, 4.69) is 18.7 Å². The summed E-state index contributed by atoms with van der Waals surface area (Å²) >= 11 is 0. The van der Waals surface area contributed by atoms with Crippen molar-refractivity contribution in [2.75, 3.05) is 33.3 Å². The number of ether oxygens (including phenoxy) is 1. The Labute approximate surface area is 115 Å². The fourth-order valence-electron chi connectivity index (χ4n) is 2.36. The summed E-state index contributed by atoms with van der Waals surface area (Å²) in [6, 6.07) is 7.87. The van der Waals surface area contributed by atoms with Crippen molar-refractivity contribution in [1.29, 1.82) is 0 Å². The molecule has 0 N–H and O–H groups in total. The quantitative estimate of drug-likeness (QED) is 0.833. The normalized spacial score (nSPS) is 16.7. The van der Waals surface area contributed by atoms with Crippen molar-refractivity contribution in [1.82, 2.24) is 9.80 Å². The Morgan fingerprint density at radius 2 is 1.68 bits per heavy atom. The van der Waals surface area contributed by atoms with Gasteiger partial charge in [-0.1, -0.05) is 0 Å². The molecule has 1 saturated heterocycles. The van der Waals surface area contributed by atoms with Crippen LogP contribution < -0.4 is 4.74 Å². The fourth-order valence-corrected chi connectivity index (χ4v) is 2.36. The monoisotopic (exact) mass is 262 g/mol. The molecule has 1 fully saturated rings. The number of amides is 1. The highest BCUT2D eigenvalue weighted by Gasteiger charge is 2.23. The third-order valence-corrected chi connectivity index (χ3v) is 3.67. The van der Waals surface area contributed by atoms with Crippen LogP contribution in [0.15, 0.2) is 24.3 Å². The summed E-state index contributed by atoms with van der Waals surface area (Å²) in [6.45, 7) is 7.92. The molecule has 4 heteroatoms. The number of hydrogen-bond donors (Lipinski definition) is 0. The zero-order valence-electron chi connectivity index (χ0n) is 11.9. The Hall–Kier alpha value is -1.55. The maximum atomic E-state index is 12.3. The molecule has 0 radical (unpaired) electrons. The summed E-state index contributed by atoms with van der Waals surface area (Å²) in [5, 5.41) is 0. The van der Waals surface area contributed by atoms with E-state index in [4.69, 9.17) is 4.74 Å². The summed E-state index contributed by atoms with van der Waals surface area (Å²) < 4.78 is 5.10. The average molecular weight is 262 g/mol. The Kier molecular flexibility index (Phi) is 4.43. The SMILES string of the molecule is COc1ccc(C(=O)N2CCN(C(C)C)CC2)cc1. The summed E-state index contributed by atoms with van der Waals surface area (Å²) in [6.07, 6.45) is 0. The topological polar surface area (TPSA) is 32.8 Å². The maximum Gasteiger partial charge on any atom is 0.253 e. The molecule has 4 nitrogen and oxygen atoms in total. The van der Waals surface area contributed by atoms with Crippen LogP contribution in [-0.4, -0.2) is 55.0 Å². The third kappa shape index (κ3) is 3.26. The Morgan fingerprint density at radius 3 is 2.16 bits per heavy atom. The van der Waals surface area contributed by atoms with E-state index < -0.39 is 0 Å². The lowest BCUT2D eigenvalue weighted by Gasteiger charge is -2.37. The number of benzene rings is 1. The van der Waals surface area contributed by atoms with Gasteiger partial charge in [0.2, 0.25) is 0 Å². The summed E-state index contributed by atoms with van der Waals surface area (Å²) in [4.78, 5) is 16.7. The second kappa shape index (κ2) is 6.06. The van der Waals surface area contributed by atoms with Crippen LogP contribution in [0, 0.1) is 0 Å². The number of carbonyl (C=O) groups excluding carboxylic acids is 1. The van der Waals surface area contributed by atoms with Crippen LogP contribution >= 0.6 is 0 Å². The van der Waals surface area contributed by atoms with Gasteiger partial charge in [0, 0.05) is 37.8 Å². The van der Waals surface area contributed by atoms with Gasteiger partial charge < -0.3 is 9.64 Å². The van der Waals surface area contributed by atoms with Gasteiger partial charge in [0.1, 0.15) is 5.75 Å². The van der Waals surface area contributed by atoms with Crippen molar-refractivity contribution in [3.05, 3.63) is 29.8 Å². The van der Waals surface area contributed by atoms with E-state index >= 15 is 0 Å². The van der Waals surface area contributed by atoms with Crippen LogP contribution in [-0.2, 0) is 0 Å². The number of nitrogens with zero attached hydrogens (tertiary/aromatic N) is 2. The lowest BCUT2D eigenvalue weighted by Crippen LogP contribution is -2.50. The summed E-state index contributed by atoms with van der Waals surface area (Å²) in [7, 11) is 1.63. The van der Waals surface area contributed by atoms with E-state index in [0.29, 0.717) is 6.04 Å². The van der Waals surface area contributed by atoms with Gasteiger partial charge in [-0.2, -0.15) is 0 Å². The number of carbonyl (C=O) groups is 1. The molecule has 1 aliphatic heterocycles. The van der Waals surface area contributed by atoms with Crippen molar-refractivity contribution >= 4 is 5.91 Å².